The molecule has 1 aliphatic heterocycles. The van der Waals surface area contributed by atoms with Crippen molar-refractivity contribution in [3.63, 3.8) is 0 Å². The summed E-state index contributed by atoms with van der Waals surface area (Å²) < 4.78 is 23.2. The maximum Gasteiger partial charge on any atom is 0.169 e. The molecule has 1 atom stereocenters. The van der Waals surface area contributed by atoms with Crippen LogP contribution in [0.1, 0.15) is 65.7 Å². The third kappa shape index (κ3) is 6.43. The number of ether oxygens (including phenoxy) is 4. The zero-order valence-corrected chi connectivity index (χ0v) is 18.7. The summed E-state index contributed by atoms with van der Waals surface area (Å²) in [5, 5.41) is 0. The lowest BCUT2D eigenvalue weighted by atomic mass is 9.68. The number of terminal acetylenes is 1. The monoisotopic (exact) mass is 395 g/mol. The summed E-state index contributed by atoms with van der Waals surface area (Å²) >= 11 is 0. The molecule has 1 heterocycles. The molecule has 2 rings (SSSR count). The highest BCUT2D eigenvalue weighted by Gasteiger charge is 2.46. The van der Waals surface area contributed by atoms with Crippen LogP contribution in [0.2, 0.25) is 0 Å². The SMILES string of the molecule is C#CCN(CCC1COC2(CCC(C(C)(C)CCC)CC2)O1)CC(OC)OC. The van der Waals surface area contributed by atoms with E-state index in [-0.39, 0.29) is 18.2 Å². The fourth-order valence-electron chi connectivity index (χ4n) is 4.86. The van der Waals surface area contributed by atoms with Crippen LogP contribution in [0, 0.1) is 23.7 Å². The Morgan fingerprint density at radius 1 is 1.25 bits per heavy atom. The first-order chi connectivity index (χ1) is 13.4. The third-order valence-electron chi connectivity index (χ3n) is 6.68. The van der Waals surface area contributed by atoms with E-state index in [1.807, 2.05) is 0 Å². The standard InChI is InChI=1S/C23H41NO4/c1-7-12-22(3,4)19-9-13-23(14-10-19)27-18-20(28-23)11-16-24(15-8-2)17-21(25-5)26-6/h2,19-21H,7,9-18H2,1,3-6H3. The van der Waals surface area contributed by atoms with Crippen molar-refractivity contribution in [3.05, 3.63) is 0 Å². The van der Waals surface area contributed by atoms with Crippen molar-refractivity contribution < 1.29 is 18.9 Å². The van der Waals surface area contributed by atoms with Crippen LogP contribution in [0.15, 0.2) is 0 Å². The quantitative estimate of drug-likeness (QED) is 0.390. The molecule has 0 N–H and O–H groups in total. The molecule has 2 fully saturated rings. The maximum absolute atomic E-state index is 6.43. The molecule has 2 aliphatic rings. The average Bonchev–Trinajstić information content (AvgIpc) is 3.06. The summed E-state index contributed by atoms with van der Waals surface area (Å²) in [5.41, 5.74) is 0.420. The van der Waals surface area contributed by atoms with E-state index in [1.54, 1.807) is 14.2 Å². The van der Waals surface area contributed by atoms with Gasteiger partial charge in [0.1, 0.15) is 0 Å². The van der Waals surface area contributed by atoms with Crippen molar-refractivity contribution in [1.29, 1.82) is 0 Å². The number of hydrogen-bond acceptors (Lipinski definition) is 5. The van der Waals surface area contributed by atoms with E-state index in [4.69, 9.17) is 25.4 Å². The lowest BCUT2D eigenvalue weighted by molar-refractivity contribution is -0.198. The molecule has 162 valence electrons. The molecule has 0 radical (unpaired) electrons. The molecule has 1 aliphatic carbocycles. The van der Waals surface area contributed by atoms with Gasteiger partial charge in [-0.3, -0.25) is 4.90 Å². The number of nitrogens with zero attached hydrogens (tertiary/aromatic N) is 1. The molecular weight excluding hydrogens is 354 g/mol. The molecular formula is C23H41NO4. The third-order valence-corrected chi connectivity index (χ3v) is 6.68. The normalized spacial score (nSPS) is 28.4. The van der Waals surface area contributed by atoms with Crippen LogP contribution in [-0.4, -0.2) is 63.5 Å². The van der Waals surface area contributed by atoms with Gasteiger partial charge in [-0.05, 0) is 37.0 Å². The van der Waals surface area contributed by atoms with Gasteiger partial charge >= 0.3 is 0 Å². The fraction of sp³-hybridized carbons (Fsp3) is 0.913. The molecule has 0 aromatic carbocycles. The largest absolute Gasteiger partial charge is 0.355 e. The molecule has 1 saturated heterocycles. The Hall–Kier alpha value is -0.640. The Balaban J connectivity index is 1.79. The van der Waals surface area contributed by atoms with Crippen LogP contribution >= 0.6 is 0 Å². The topological polar surface area (TPSA) is 40.2 Å². The van der Waals surface area contributed by atoms with Crippen LogP contribution in [0.25, 0.3) is 0 Å². The zero-order chi connectivity index (χ0) is 20.6. The minimum atomic E-state index is -0.345. The highest BCUT2D eigenvalue weighted by atomic mass is 16.7. The molecule has 28 heavy (non-hydrogen) atoms. The van der Waals surface area contributed by atoms with Crippen molar-refractivity contribution in [1.82, 2.24) is 4.90 Å². The summed E-state index contributed by atoms with van der Waals surface area (Å²) in [4.78, 5) is 2.18. The van der Waals surface area contributed by atoms with Crippen molar-refractivity contribution in [3.8, 4) is 12.3 Å². The van der Waals surface area contributed by atoms with Crippen LogP contribution in [0.3, 0.4) is 0 Å². The summed E-state index contributed by atoms with van der Waals surface area (Å²) in [5.74, 6) is 3.15. The summed E-state index contributed by atoms with van der Waals surface area (Å²) in [6.07, 6.45) is 13.3. The van der Waals surface area contributed by atoms with Crippen molar-refractivity contribution >= 4 is 0 Å². The van der Waals surface area contributed by atoms with E-state index < -0.39 is 0 Å². The molecule has 1 spiro atoms. The van der Waals surface area contributed by atoms with Crippen LogP contribution in [0.4, 0.5) is 0 Å². The highest BCUT2D eigenvalue weighted by Crippen LogP contribution is 2.47. The van der Waals surface area contributed by atoms with E-state index in [9.17, 15) is 0 Å². The number of methoxy groups -OCH3 is 2. The van der Waals surface area contributed by atoms with E-state index in [1.165, 1.54) is 25.7 Å². The van der Waals surface area contributed by atoms with Crippen molar-refractivity contribution in [2.24, 2.45) is 11.3 Å². The number of hydrogen-bond donors (Lipinski definition) is 0. The Morgan fingerprint density at radius 3 is 2.50 bits per heavy atom. The predicted molar refractivity (Wildman–Crippen MR) is 112 cm³/mol. The molecule has 1 unspecified atom stereocenters. The lowest BCUT2D eigenvalue weighted by Crippen LogP contribution is -2.40. The Labute approximate surface area is 172 Å². The zero-order valence-electron chi connectivity index (χ0n) is 18.7. The number of rotatable bonds is 11. The van der Waals surface area contributed by atoms with Gasteiger partial charge in [-0.25, -0.2) is 0 Å². The molecule has 1 saturated carbocycles. The van der Waals surface area contributed by atoms with Crippen LogP contribution < -0.4 is 0 Å². The van der Waals surface area contributed by atoms with E-state index in [0.717, 1.165) is 31.7 Å². The first-order valence-electron chi connectivity index (χ1n) is 10.9. The van der Waals surface area contributed by atoms with E-state index in [0.29, 0.717) is 25.1 Å². The Morgan fingerprint density at radius 2 is 1.93 bits per heavy atom. The van der Waals surface area contributed by atoms with Gasteiger partial charge in [0.2, 0.25) is 0 Å². The first kappa shape index (κ1) is 23.6. The van der Waals surface area contributed by atoms with Crippen molar-refractivity contribution in [2.45, 2.75) is 83.9 Å². The lowest BCUT2D eigenvalue weighted by Gasteiger charge is -2.42. The Kier molecular flexibility index (Phi) is 9.24. The van der Waals surface area contributed by atoms with Gasteiger partial charge in [-0.1, -0.05) is 33.1 Å². The van der Waals surface area contributed by atoms with Gasteiger partial charge in [0, 0.05) is 33.6 Å². The molecule has 0 bridgehead atoms. The summed E-state index contributed by atoms with van der Waals surface area (Å²) in [6.45, 7) is 9.90. The minimum absolute atomic E-state index is 0.143. The van der Waals surface area contributed by atoms with E-state index in [2.05, 4.69) is 31.6 Å². The maximum atomic E-state index is 6.43. The average molecular weight is 396 g/mol. The predicted octanol–water partition coefficient (Wildman–Crippen LogP) is 4.06. The van der Waals surface area contributed by atoms with Gasteiger partial charge in [0.05, 0.1) is 25.8 Å². The van der Waals surface area contributed by atoms with Gasteiger partial charge in [-0.2, -0.15) is 0 Å². The van der Waals surface area contributed by atoms with Crippen molar-refractivity contribution in [2.75, 3.05) is 40.5 Å². The van der Waals surface area contributed by atoms with Gasteiger partial charge < -0.3 is 18.9 Å². The van der Waals surface area contributed by atoms with Crippen LogP contribution in [-0.2, 0) is 18.9 Å². The Bertz CT molecular complexity index is 489. The summed E-state index contributed by atoms with van der Waals surface area (Å²) in [7, 11) is 3.30. The van der Waals surface area contributed by atoms with Gasteiger partial charge in [0.25, 0.3) is 0 Å². The van der Waals surface area contributed by atoms with Gasteiger partial charge in [0.15, 0.2) is 12.1 Å². The minimum Gasteiger partial charge on any atom is -0.355 e. The first-order valence-corrected chi connectivity index (χ1v) is 10.9. The summed E-state index contributed by atoms with van der Waals surface area (Å²) in [6, 6.07) is 0. The molecule has 5 nitrogen and oxygen atoms in total. The molecule has 5 heteroatoms. The van der Waals surface area contributed by atoms with Gasteiger partial charge in [-0.15, -0.1) is 6.42 Å². The highest BCUT2D eigenvalue weighted by molar-refractivity contribution is 4.91. The second-order valence-corrected chi connectivity index (χ2v) is 9.10. The second kappa shape index (κ2) is 10.9. The van der Waals surface area contributed by atoms with Crippen LogP contribution in [0.5, 0.6) is 0 Å². The molecule has 0 aromatic rings. The molecule has 0 aromatic heterocycles. The molecule has 0 amide bonds. The fourth-order valence-corrected chi connectivity index (χ4v) is 4.86. The second-order valence-electron chi connectivity index (χ2n) is 9.10. The smallest absolute Gasteiger partial charge is 0.169 e. The van der Waals surface area contributed by atoms with E-state index >= 15 is 0 Å².